The van der Waals surface area contributed by atoms with Crippen LogP contribution >= 0.6 is 40.2 Å². The average molecular weight is 294 g/mol. The molecule has 1 nitrogen and oxygen atoms in total. The molecule has 0 fully saturated rings. The Morgan fingerprint density at radius 1 is 1.43 bits per heavy atom. The summed E-state index contributed by atoms with van der Waals surface area (Å²) < 4.78 is 0. The summed E-state index contributed by atoms with van der Waals surface area (Å²) in [5.41, 5.74) is 1.97. The topological polar surface area (TPSA) is 17.1 Å². The SMILES string of the molecule is O=C(CBr)Cc1ccc(S)cc1CCl. The summed E-state index contributed by atoms with van der Waals surface area (Å²) in [6.45, 7) is 0. The van der Waals surface area contributed by atoms with Crippen LogP contribution in [0.2, 0.25) is 0 Å². The number of hydrogen-bond acceptors (Lipinski definition) is 2. The van der Waals surface area contributed by atoms with Crippen LogP contribution in [0.15, 0.2) is 23.1 Å². The first-order chi connectivity index (χ1) is 6.67. The van der Waals surface area contributed by atoms with Crippen molar-refractivity contribution < 1.29 is 4.79 Å². The highest BCUT2D eigenvalue weighted by molar-refractivity contribution is 9.09. The van der Waals surface area contributed by atoms with Crippen molar-refractivity contribution >= 4 is 45.9 Å². The molecule has 0 heterocycles. The van der Waals surface area contributed by atoms with E-state index in [1.807, 2.05) is 18.2 Å². The Labute approximate surface area is 102 Å². The monoisotopic (exact) mass is 292 g/mol. The van der Waals surface area contributed by atoms with Crippen LogP contribution in [0.25, 0.3) is 0 Å². The zero-order valence-electron chi connectivity index (χ0n) is 7.46. The molecule has 4 heteroatoms. The van der Waals surface area contributed by atoms with Gasteiger partial charge in [0.05, 0.1) is 5.33 Å². The van der Waals surface area contributed by atoms with E-state index in [0.29, 0.717) is 17.6 Å². The minimum Gasteiger partial charge on any atom is -0.298 e. The van der Waals surface area contributed by atoms with Crippen molar-refractivity contribution in [1.29, 1.82) is 0 Å². The van der Waals surface area contributed by atoms with Crippen molar-refractivity contribution in [3.8, 4) is 0 Å². The highest BCUT2D eigenvalue weighted by Crippen LogP contribution is 2.17. The summed E-state index contributed by atoms with van der Waals surface area (Å²) in [4.78, 5) is 12.1. The second-order valence-corrected chi connectivity index (χ2v) is 4.28. The third kappa shape index (κ3) is 3.30. The van der Waals surface area contributed by atoms with Crippen LogP contribution in [0.3, 0.4) is 0 Å². The van der Waals surface area contributed by atoms with Gasteiger partial charge in [0.2, 0.25) is 0 Å². The lowest BCUT2D eigenvalue weighted by Gasteiger charge is -2.06. The average Bonchev–Trinajstić information content (AvgIpc) is 2.20. The Bertz CT molecular complexity index is 341. The standard InChI is InChI=1S/C10H10BrClOS/c11-5-9(13)3-7-1-2-10(14)4-8(7)6-12/h1-2,4,14H,3,5-6H2. The number of Topliss-reactive ketones (excluding diaryl/α,β-unsaturated/α-hetero) is 1. The van der Waals surface area contributed by atoms with Crippen LogP contribution in [0.1, 0.15) is 11.1 Å². The first kappa shape index (κ1) is 12.1. The van der Waals surface area contributed by atoms with Crippen LogP contribution in [-0.4, -0.2) is 11.1 Å². The molecule has 0 aliphatic rings. The van der Waals surface area contributed by atoms with Crippen molar-refractivity contribution in [3.63, 3.8) is 0 Å². The predicted molar refractivity (Wildman–Crippen MR) is 65.8 cm³/mol. The quantitative estimate of drug-likeness (QED) is 0.666. The minimum atomic E-state index is 0.156. The van der Waals surface area contributed by atoms with E-state index >= 15 is 0 Å². The maximum atomic E-state index is 11.2. The molecule has 1 aromatic carbocycles. The molecule has 0 aliphatic heterocycles. The van der Waals surface area contributed by atoms with Crippen molar-refractivity contribution in [2.75, 3.05) is 5.33 Å². The molecular formula is C10H10BrClOS. The Kier molecular flexibility index (Phi) is 4.99. The smallest absolute Gasteiger partial charge is 0.147 e. The fourth-order valence-electron chi connectivity index (χ4n) is 1.17. The summed E-state index contributed by atoms with van der Waals surface area (Å²) in [5.74, 6) is 0.572. The van der Waals surface area contributed by atoms with Crippen molar-refractivity contribution in [1.82, 2.24) is 0 Å². The van der Waals surface area contributed by atoms with Gasteiger partial charge in [-0.2, -0.15) is 0 Å². The van der Waals surface area contributed by atoms with E-state index in [2.05, 4.69) is 28.6 Å². The largest absolute Gasteiger partial charge is 0.298 e. The number of thiol groups is 1. The molecule has 0 aliphatic carbocycles. The molecular weight excluding hydrogens is 284 g/mol. The highest BCUT2D eigenvalue weighted by atomic mass is 79.9. The highest BCUT2D eigenvalue weighted by Gasteiger charge is 2.06. The van der Waals surface area contributed by atoms with Crippen LogP contribution in [0.5, 0.6) is 0 Å². The van der Waals surface area contributed by atoms with Gasteiger partial charge in [0.15, 0.2) is 0 Å². The maximum Gasteiger partial charge on any atom is 0.147 e. The normalized spacial score (nSPS) is 10.2. The van der Waals surface area contributed by atoms with E-state index in [0.717, 1.165) is 16.0 Å². The van der Waals surface area contributed by atoms with E-state index in [1.165, 1.54) is 0 Å². The third-order valence-corrected chi connectivity index (χ3v) is 3.06. The van der Waals surface area contributed by atoms with Gasteiger partial charge in [0, 0.05) is 17.2 Å². The van der Waals surface area contributed by atoms with Gasteiger partial charge < -0.3 is 0 Å². The van der Waals surface area contributed by atoms with Crippen LogP contribution < -0.4 is 0 Å². The van der Waals surface area contributed by atoms with Crippen molar-refractivity contribution in [3.05, 3.63) is 29.3 Å². The summed E-state index contributed by atoms with van der Waals surface area (Å²) in [7, 11) is 0. The summed E-state index contributed by atoms with van der Waals surface area (Å²) in [5, 5.41) is 0.386. The Hall–Kier alpha value is 0.01000. The van der Waals surface area contributed by atoms with Gasteiger partial charge in [-0.1, -0.05) is 22.0 Å². The summed E-state index contributed by atoms with van der Waals surface area (Å²) >= 11 is 13.1. The molecule has 0 amide bonds. The fourth-order valence-corrected chi connectivity index (χ4v) is 1.85. The van der Waals surface area contributed by atoms with Crippen LogP contribution in [0, 0.1) is 0 Å². The second kappa shape index (κ2) is 5.79. The van der Waals surface area contributed by atoms with Crippen LogP contribution in [0.4, 0.5) is 0 Å². The number of hydrogen-bond donors (Lipinski definition) is 1. The maximum absolute atomic E-state index is 11.2. The van der Waals surface area contributed by atoms with Gasteiger partial charge in [0.1, 0.15) is 5.78 Å². The van der Waals surface area contributed by atoms with E-state index in [1.54, 1.807) is 0 Å². The minimum absolute atomic E-state index is 0.156. The van der Waals surface area contributed by atoms with Crippen molar-refractivity contribution in [2.24, 2.45) is 0 Å². The van der Waals surface area contributed by atoms with Gasteiger partial charge in [-0.25, -0.2) is 0 Å². The molecule has 76 valence electrons. The first-order valence-corrected chi connectivity index (χ1v) is 6.22. The Morgan fingerprint density at radius 3 is 2.71 bits per heavy atom. The van der Waals surface area contributed by atoms with Gasteiger partial charge in [-0.3, -0.25) is 4.79 Å². The molecule has 0 bridgehead atoms. The lowest BCUT2D eigenvalue weighted by molar-refractivity contribution is -0.115. The van der Waals surface area contributed by atoms with Crippen LogP contribution in [-0.2, 0) is 17.1 Å². The molecule has 0 N–H and O–H groups in total. The molecule has 0 atom stereocenters. The summed E-state index contributed by atoms with van der Waals surface area (Å²) in [6, 6.07) is 5.67. The van der Waals surface area contributed by atoms with Gasteiger partial charge in [0.25, 0.3) is 0 Å². The van der Waals surface area contributed by atoms with Crippen molar-refractivity contribution in [2.45, 2.75) is 17.2 Å². The van der Waals surface area contributed by atoms with E-state index in [4.69, 9.17) is 11.6 Å². The molecule has 0 saturated carbocycles. The fraction of sp³-hybridized carbons (Fsp3) is 0.300. The lowest BCUT2D eigenvalue weighted by atomic mass is 10.0. The number of rotatable bonds is 4. The Balaban J connectivity index is 2.90. The zero-order valence-corrected chi connectivity index (χ0v) is 10.7. The number of carbonyl (C=O) groups is 1. The second-order valence-electron chi connectivity index (χ2n) is 2.94. The molecule has 1 aromatic rings. The third-order valence-electron chi connectivity index (χ3n) is 1.87. The first-order valence-electron chi connectivity index (χ1n) is 4.11. The number of benzene rings is 1. The number of ketones is 1. The van der Waals surface area contributed by atoms with E-state index < -0.39 is 0 Å². The summed E-state index contributed by atoms with van der Waals surface area (Å²) in [6.07, 6.45) is 0.432. The van der Waals surface area contributed by atoms with E-state index in [9.17, 15) is 4.79 Å². The molecule has 14 heavy (non-hydrogen) atoms. The molecule has 0 saturated heterocycles. The van der Waals surface area contributed by atoms with E-state index in [-0.39, 0.29) is 5.78 Å². The molecule has 0 aromatic heterocycles. The lowest BCUT2D eigenvalue weighted by Crippen LogP contribution is -2.05. The number of carbonyl (C=O) groups excluding carboxylic acids is 1. The van der Waals surface area contributed by atoms with Gasteiger partial charge in [-0.05, 0) is 23.3 Å². The molecule has 0 spiro atoms. The molecule has 0 unspecified atom stereocenters. The molecule has 1 rings (SSSR count). The zero-order chi connectivity index (χ0) is 10.6. The number of alkyl halides is 2. The predicted octanol–water partition coefficient (Wildman–Crippen LogP) is 3.22. The van der Waals surface area contributed by atoms with Gasteiger partial charge >= 0.3 is 0 Å². The number of halogens is 2. The Morgan fingerprint density at radius 2 is 2.14 bits per heavy atom. The molecule has 0 radical (unpaired) electrons. The van der Waals surface area contributed by atoms with Gasteiger partial charge in [-0.15, -0.1) is 24.2 Å².